The van der Waals surface area contributed by atoms with Gasteiger partial charge in [-0.3, -0.25) is 4.98 Å². The number of benzene rings is 2. The molecule has 0 atom stereocenters. The Labute approximate surface area is 221 Å². The number of H-pyrrole nitrogens is 1. The molecule has 11 nitrogen and oxygen atoms in total. The normalized spacial score (nSPS) is 11.6. The van der Waals surface area contributed by atoms with E-state index in [-0.39, 0.29) is 76.2 Å². The lowest BCUT2D eigenvalue weighted by molar-refractivity contribution is 0.0683. The molecule has 0 unspecified atom stereocenters. The van der Waals surface area contributed by atoms with Crippen molar-refractivity contribution in [3.63, 3.8) is 0 Å². The van der Waals surface area contributed by atoms with Gasteiger partial charge in [-0.1, -0.05) is 17.7 Å². The van der Waals surface area contributed by atoms with E-state index >= 15 is 0 Å². The molecule has 38 heavy (non-hydrogen) atoms. The van der Waals surface area contributed by atoms with Gasteiger partial charge in [-0.25, -0.2) is 18.7 Å². The molecule has 0 aliphatic rings. The van der Waals surface area contributed by atoms with Gasteiger partial charge in [0.15, 0.2) is 23.0 Å². The molecule has 4 aromatic rings. The molecule has 202 valence electrons. The number of methoxy groups -OCH3 is 2. The smallest absolute Gasteiger partial charge is 0.332 e. The van der Waals surface area contributed by atoms with Crippen LogP contribution in [0.2, 0.25) is 5.02 Å². The van der Waals surface area contributed by atoms with Crippen LogP contribution in [0.1, 0.15) is 25.2 Å². The molecule has 13 heteroatoms. The molecule has 2 aromatic heterocycles. The van der Waals surface area contributed by atoms with Crippen molar-refractivity contribution in [1.82, 2.24) is 19.5 Å². The Morgan fingerprint density at radius 1 is 1.11 bits per heavy atom. The summed E-state index contributed by atoms with van der Waals surface area (Å²) in [5.41, 5.74) is -1.48. The summed E-state index contributed by atoms with van der Waals surface area (Å²) >= 11 is 6.56. The number of aliphatic hydroxyl groups excluding tert-OH is 1. The van der Waals surface area contributed by atoms with Crippen molar-refractivity contribution in [2.45, 2.75) is 26.1 Å². The van der Waals surface area contributed by atoms with Crippen molar-refractivity contribution in [3.8, 4) is 28.8 Å². The fraction of sp³-hybridized carbons (Fsp3) is 0.320. The minimum atomic E-state index is -1.45. The summed E-state index contributed by atoms with van der Waals surface area (Å²) in [6.45, 7) is 2.39. The molecule has 0 radical (unpaired) electrons. The summed E-state index contributed by atoms with van der Waals surface area (Å²) in [5.74, 6) is 0.0651. The first-order chi connectivity index (χ1) is 18.1. The van der Waals surface area contributed by atoms with Gasteiger partial charge in [0.05, 0.1) is 37.1 Å². The number of aromatic amines is 1. The summed E-state index contributed by atoms with van der Waals surface area (Å²) in [7, 11) is 2.78. The van der Waals surface area contributed by atoms with E-state index in [1.807, 2.05) is 0 Å². The summed E-state index contributed by atoms with van der Waals surface area (Å²) in [6.07, 6.45) is 0. The number of imidazole rings is 1. The molecule has 0 aliphatic heterocycles. The number of rotatable bonds is 10. The predicted octanol–water partition coefficient (Wildman–Crippen LogP) is 3.10. The van der Waals surface area contributed by atoms with Gasteiger partial charge in [-0.15, -0.1) is 0 Å². The standard InChI is InChI=1S/C25H26ClFN4O7/c1-25(2,34)23-29-21-20(22(30-23)36-4)28-24(33)31(21)16-11-19(18(10-14(16)26)37-9-8-32)38-12-13-15(27)6-5-7-17(13)35-3/h5-7,10-11,32,34H,8-9,12H2,1-4H3,(H,28,33). The van der Waals surface area contributed by atoms with E-state index in [9.17, 15) is 19.4 Å². The maximum Gasteiger partial charge on any atom is 0.332 e. The van der Waals surface area contributed by atoms with E-state index in [1.165, 1.54) is 56.9 Å². The molecule has 0 saturated heterocycles. The maximum absolute atomic E-state index is 14.5. The average Bonchev–Trinajstić information content (AvgIpc) is 3.21. The third kappa shape index (κ3) is 5.23. The van der Waals surface area contributed by atoms with Crippen LogP contribution in [-0.2, 0) is 12.2 Å². The van der Waals surface area contributed by atoms with Crippen LogP contribution in [0.5, 0.6) is 23.1 Å². The largest absolute Gasteiger partial charge is 0.496 e. The summed E-state index contributed by atoms with van der Waals surface area (Å²) in [6, 6.07) is 7.21. The predicted molar refractivity (Wildman–Crippen MR) is 136 cm³/mol. The van der Waals surface area contributed by atoms with Gasteiger partial charge in [-0.05, 0) is 26.0 Å². The number of fused-ring (bicyclic) bond motifs is 1. The Balaban J connectivity index is 1.88. The lowest BCUT2D eigenvalue weighted by Crippen LogP contribution is -2.21. The third-order valence-electron chi connectivity index (χ3n) is 5.51. The minimum Gasteiger partial charge on any atom is -0.496 e. The van der Waals surface area contributed by atoms with Crippen LogP contribution in [-0.4, -0.2) is 57.2 Å². The molecule has 2 aromatic carbocycles. The second-order valence-electron chi connectivity index (χ2n) is 8.61. The van der Waals surface area contributed by atoms with Gasteiger partial charge in [0.1, 0.15) is 35.9 Å². The number of nitrogens with one attached hydrogen (secondary N) is 1. The van der Waals surface area contributed by atoms with Gasteiger partial charge in [-0.2, -0.15) is 4.98 Å². The SMILES string of the molecule is COc1cccc(F)c1COc1cc(-n2c(=O)[nH]c3c(OC)nc(C(C)(C)O)nc32)c(Cl)cc1OCCO. The Morgan fingerprint density at radius 2 is 1.84 bits per heavy atom. The quantitative estimate of drug-likeness (QED) is 0.272. The van der Waals surface area contributed by atoms with Gasteiger partial charge in [0, 0.05) is 12.1 Å². The molecule has 2 heterocycles. The molecule has 3 N–H and O–H groups in total. The van der Waals surface area contributed by atoms with E-state index in [4.69, 9.17) is 30.5 Å². The van der Waals surface area contributed by atoms with E-state index in [2.05, 4.69) is 15.0 Å². The van der Waals surface area contributed by atoms with Crippen LogP contribution in [0.4, 0.5) is 4.39 Å². The van der Waals surface area contributed by atoms with Crippen molar-refractivity contribution in [2.24, 2.45) is 0 Å². The summed E-state index contributed by atoms with van der Waals surface area (Å²) in [4.78, 5) is 24.3. The molecule has 0 saturated carbocycles. The zero-order valence-electron chi connectivity index (χ0n) is 21.0. The maximum atomic E-state index is 14.5. The number of hydrogen-bond donors (Lipinski definition) is 3. The van der Waals surface area contributed by atoms with Crippen molar-refractivity contribution >= 4 is 22.8 Å². The van der Waals surface area contributed by atoms with E-state index in [0.29, 0.717) is 0 Å². The van der Waals surface area contributed by atoms with Crippen molar-refractivity contribution in [3.05, 3.63) is 63.0 Å². The highest BCUT2D eigenvalue weighted by atomic mass is 35.5. The first-order valence-electron chi connectivity index (χ1n) is 11.4. The zero-order valence-corrected chi connectivity index (χ0v) is 21.8. The van der Waals surface area contributed by atoms with Crippen LogP contribution in [0, 0.1) is 5.82 Å². The topological polar surface area (TPSA) is 141 Å². The molecule has 0 amide bonds. The van der Waals surface area contributed by atoms with Crippen molar-refractivity contribution < 1.29 is 33.6 Å². The summed E-state index contributed by atoms with van der Waals surface area (Å²) in [5, 5.41) is 19.8. The number of halogens is 2. The van der Waals surface area contributed by atoms with Gasteiger partial charge in [0.25, 0.3) is 0 Å². The molecule has 0 fully saturated rings. The minimum absolute atomic E-state index is 0.0109. The van der Waals surface area contributed by atoms with Crippen LogP contribution in [0.15, 0.2) is 35.1 Å². The molecule has 4 rings (SSSR count). The van der Waals surface area contributed by atoms with Crippen molar-refractivity contribution in [2.75, 3.05) is 27.4 Å². The van der Waals surface area contributed by atoms with Gasteiger partial charge < -0.3 is 29.2 Å². The van der Waals surface area contributed by atoms with Crippen LogP contribution >= 0.6 is 11.6 Å². The first kappa shape index (κ1) is 27.2. The number of aromatic nitrogens is 4. The Hall–Kier alpha value is -3.87. The number of hydrogen-bond acceptors (Lipinski definition) is 9. The first-order valence-corrected chi connectivity index (χ1v) is 11.8. The highest BCUT2D eigenvalue weighted by Crippen LogP contribution is 2.37. The highest BCUT2D eigenvalue weighted by molar-refractivity contribution is 6.32. The molecule has 0 spiro atoms. The highest BCUT2D eigenvalue weighted by Gasteiger charge is 2.26. The number of aliphatic hydroxyl groups is 2. The van der Waals surface area contributed by atoms with Crippen LogP contribution in [0.25, 0.3) is 16.9 Å². The fourth-order valence-corrected chi connectivity index (χ4v) is 3.94. The lowest BCUT2D eigenvalue weighted by Gasteiger charge is -2.18. The van der Waals surface area contributed by atoms with Gasteiger partial charge in [0.2, 0.25) is 5.88 Å². The number of ether oxygens (including phenoxy) is 4. The Bertz CT molecular complexity index is 1530. The van der Waals surface area contributed by atoms with Gasteiger partial charge >= 0.3 is 5.69 Å². The summed E-state index contributed by atoms with van der Waals surface area (Å²) < 4.78 is 37.7. The monoisotopic (exact) mass is 548 g/mol. The lowest BCUT2D eigenvalue weighted by atomic mass is 10.1. The molecular formula is C25H26ClFN4O7. The second-order valence-corrected chi connectivity index (χ2v) is 9.02. The van der Waals surface area contributed by atoms with E-state index < -0.39 is 17.1 Å². The van der Waals surface area contributed by atoms with E-state index in [0.717, 1.165) is 0 Å². The van der Waals surface area contributed by atoms with E-state index in [1.54, 1.807) is 6.07 Å². The Kier molecular flexibility index (Phi) is 7.76. The Morgan fingerprint density at radius 3 is 2.50 bits per heavy atom. The zero-order chi connectivity index (χ0) is 27.6. The fourth-order valence-electron chi connectivity index (χ4n) is 3.70. The van der Waals surface area contributed by atoms with Crippen LogP contribution in [0.3, 0.4) is 0 Å². The van der Waals surface area contributed by atoms with Crippen molar-refractivity contribution in [1.29, 1.82) is 0 Å². The molecule has 0 bridgehead atoms. The molecular weight excluding hydrogens is 523 g/mol. The number of nitrogens with zero attached hydrogens (tertiary/aromatic N) is 3. The second kappa shape index (κ2) is 10.9. The molecule has 0 aliphatic carbocycles. The third-order valence-corrected chi connectivity index (χ3v) is 5.82. The average molecular weight is 549 g/mol. The van der Waals surface area contributed by atoms with Crippen LogP contribution < -0.4 is 24.6 Å².